The van der Waals surface area contributed by atoms with Crippen LogP contribution in [0.5, 0.6) is 0 Å². The Hall–Kier alpha value is -1.01. The zero-order valence-electron chi connectivity index (χ0n) is 6.68. The number of cyclic esters (lactones) is 1. The quantitative estimate of drug-likeness (QED) is 0.386. The van der Waals surface area contributed by atoms with E-state index in [1.807, 2.05) is 0 Å². The molecule has 0 N–H and O–H groups in total. The van der Waals surface area contributed by atoms with E-state index >= 15 is 0 Å². The van der Waals surface area contributed by atoms with E-state index in [0.717, 1.165) is 0 Å². The standard InChI is InChI=1S/C9H10O2/c1-4-5-6-7(8(10)11-5)9(6,2)3/h6-7H,1H2,2-3H3. The van der Waals surface area contributed by atoms with Crippen molar-refractivity contribution in [2.75, 3.05) is 0 Å². The lowest BCUT2D eigenvalue weighted by Crippen LogP contribution is -2.08. The number of rotatable bonds is 0. The molecule has 0 bridgehead atoms. The van der Waals surface area contributed by atoms with Crippen LogP contribution in [0.3, 0.4) is 0 Å². The van der Waals surface area contributed by atoms with Gasteiger partial charge in [0.2, 0.25) is 0 Å². The Kier molecular flexibility index (Phi) is 0.967. The summed E-state index contributed by atoms with van der Waals surface area (Å²) in [4.78, 5) is 11.1. The number of hydrogen-bond acceptors (Lipinski definition) is 2. The number of hydrogen-bond donors (Lipinski definition) is 0. The van der Waals surface area contributed by atoms with Crippen LogP contribution in [0.15, 0.2) is 18.1 Å². The van der Waals surface area contributed by atoms with Crippen molar-refractivity contribution in [1.82, 2.24) is 0 Å². The summed E-state index contributed by atoms with van der Waals surface area (Å²) in [6.07, 6.45) is 0. The fourth-order valence-electron chi connectivity index (χ4n) is 1.95. The van der Waals surface area contributed by atoms with Crippen LogP contribution in [-0.2, 0) is 9.53 Å². The molecule has 2 rings (SSSR count). The Balaban J connectivity index is 2.40. The Morgan fingerprint density at radius 3 is 2.45 bits per heavy atom. The monoisotopic (exact) mass is 150 g/mol. The normalized spacial score (nSPS) is 37.6. The van der Waals surface area contributed by atoms with E-state index in [9.17, 15) is 4.79 Å². The molecule has 2 aliphatic rings. The van der Waals surface area contributed by atoms with Gasteiger partial charge < -0.3 is 4.74 Å². The first-order chi connectivity index (χ1) is 5.09. The summed E-state index contributed by atoms with van der Waals surface area (Å²) in [6, 6.07) is 0. The van der Waals surface area contributed by atoms with Gasteiger partial charge in [0, 0.05) is 5.92 Å². The third-order valence-corrected chi connectivity index (χ3v) is 2.75. The number of allylic oxidation sites excluding steroid dienone is 1. The van der Waals surface area contributed by atoms with Crippen molar-refractivity contribution in [1.29, 1.82) is 0 Å². The Morgan fingerprint density at radius 2 is 2.18 bits per heavy atom. The highest BCUT2D eigenvalue weighted by atomic mass is 16.5. The summed E-state index contributed by atoms with van der Waals surface area (Å²) < 4.78 is 4.91. The summed E-state index contributed by atoms with van der Waals surface area (Å²) in [6.45, 7) is 7.62. The molecule has 0 radical (unpaired) electrons. The molecule has 0 aromatic heterocycles. The van der Waals surface area contributed by atoms with Gasteiger partial charge in [0.1, 0.15) is 0 Å². The zero-order chi connectivity index (χ0) is 8.22. The van der Waals surface area contributed by atoms with E-state index in [2.05, 4.69) is 26.2 Å². The average molecular weight is 150 g/mol. The van der Waals surface area contributed by atoms with Crippen LogP contribution >= 0.6 is 0 Å². The van der Waals surface area contributed by atoms with Gasteiger partial charge in [0.25, 0.3) is 0 Å². The number of fused-ring (bicyclic) bond motifs is 1. The summed E-state index contributed by atoms with van der Waals surface area (Å²) in [5, 5.41) is 0. The Labute approximate surface area is 65.5 Å². The first-order valence-corrected chi connectivity index (χ1v) is 3.70. The van der Waals surface area contributed by atoms with Gasteiger partial charge in [-0.25, -0.2) is 0 Å². The maximum Gasteiger partial charge on any atom is 0.315 e. The summed E-state index contributed by atoms with van der Waals surface area (Å²) in [5.74, 6) is 0.871. The van der Waals surface area contributed by atoms with E-state index in [1.54, 1.807) is 0 Å². The third kappa shape index (κ3) is 0.603. The van der Waals surface area contributed by atoms with Crippen molar-refractivity contribution in [3.63, 3.8) is 0 Å². The van der Waals surface area contributed by atoms with E-state index < -0.39 is 0 Å². The highest BCUT2D eigenvalue weighted by molar-refractivity contribution is 5.83. The molecule has 1 heterocycles. The maximum absolute atomic E-state index is 11.1. The lowest BCUT2D eigenvalue weighted by atomic mass is 10.1. The number of esters is 1. The van der Waals surface area contributed by atoms with Gasteiger partial charge in [-0.3, -0.25) is 4.79 Å². The van der Waals surface area contributed by atoms with Gasteiger partial charge in [0.05, 0.1) is 5.92 Å². The van der Waals surface area contributed by atoms with E-state index in [1.165, 1.54) is 0 Å². The highest BCUT2D eigenvalue weighted by Gasteiger charge is 2.69. The summed E-state index contributed by atoms with van der Waals surface area (Å²) in [7, 11) is 0. The van der Waals surface area contributed by atoms with Crippen molar-refractivity contribution in [3.8, 4) is 0 Å². The lowest BCUT2D eigenvalue weighted by molar-refractivity contribution is -0.139. The van der Waals surface area contributed by atoms with Crippen LogP contribution in [0.2, 0.25) is 0 Å². The molecule has 0 amide bonds. The maximum atomic E-state index is 11.1. The molecule has 0 spiro atoms. The minimum Gasteiger partial charge on any atom is -0.422 e. The zero-order valence-corrected chi connectivity index (χ0v) is 6.68. The van der Waals surface area contributed by atoms with Crippen molar-refractivity contribution >= 4 is 5.97 Å². The SMILES string of the molecule is C=C=C1OC(=O)C2C1C2(C)C. The van der Waals surface area contributed by atoms with Gasteiger partial charge in [-0.05, 0) is 5.41 Å². The number of carbonyl (C=O) groups is 1. The van der Waals surface area contributed by atoms with Crippen LogP contribution in [-0.4, -0.2) is 5.97 Å². The molecule has 2 unspecified atom stereocenters. The first-order valence-electron chi connectivity index (χ1n) is 3.70. The highest BCUT2D eigenvalue weighted by Crippen LogP contribution is 2.65. The topological polar surface area (TPSA) is 26.3 Å². The molecule has 1 saturated carbocycles. The van der Waals surface area contributed by atoms with Crippen molar-refractivity contribution in [2.24, 2.45) is 17.3 Å². The predicted molar refractivity (Wildman–Crippen MR) is 39.5 cm³/mol. The van der Waals surface area contributed by atoms with Gasteiger partial charge in [0.15, 0.2) is 5.76 Å². The molecule has 0 aromatic rings. The minimum absolute atomic E-state index is 0.0757. The van der Waals surface area contributed by atoms with Crippen LogP contribution < -0.4 is 0 Å². The van der Waals surface area contributed by atoms with E-state index in [4.69, 9.17) is 4.74 Å². The molecular weight excluding hydrogens is 140 g/mol. The molecular formula is C9H10O2. The van der Waals surface area contributed by atoms with Gasteiger partial charge in [-0.1, -0.05) is 26.2 Å². The first kappa shape index (κ1) is 6.68. The molecule has 1 saturated heterocycles. The smallest absolute Gasteiger partial charge is 0.315 e. The fourth-order valence-corrected chi connectivity index (χ4v) is 1.95. The molecule has 1 aliphatic heterocycles. The third-order valence-electron chi connectivity index (χ3n) is 2.75. The summed E-state index contributed by atoms with van der Waals surface area (Å²) >= 11 is 0. The van der Waals surface area contributed by atoms with Gasteiger partial charge >= 0.3 is 5.97 Å². The van der Waals surface area contributed by atoms with Crippen molar-refractivity contribution < 1.29 is 9.53 Å². The molecule has 11 heavy (non-hydrogen) atoms. The molecule has 0 aromatic carbocycles. The van der Waals surface area contributed by atoms with Crippen molar-refractivity contribution in [2.45, 2.75) is 13.8 Å². The molecule has 2 heteroatoms. The average Bonchev–Trinajstić information content (AvgIpc) is 2.37. The second-order valence-electron chi connectivity index (χ2n) is 3.74. The minimum atomic E-state index is -0.105. The van der Waals surface area contributed by atoms with Crippen molar-refractivity contribution in [3.05, 3.63) is 18.1 Å². The lowest BCUT2D eigenvalue weighted by Gasteiger charge is -2.07. The van der Waals surface area contributed by atoms with Crippen LogP contribution in [0, 0.1) is 17.3 Å². The molecule has 1 aliphatic carbocycles. The summed E-state index contributed by atoms with van der Waals surface area (Å²) in [5.41, 5.74) is 2.76. The fraction of sp³-hybridized carbons (Fsp3) is 0.556. The number of ether oxygens (including phenoxy) is 1. The van der Waals surface area contributed by atoms with E-state index in [0.29, 0.717) is 5.76 Å². The second kappa shape index (κ2) is 1.59. The van der Waals surface area contributed by atoms with Crippen LogP contribution in [0.4, 0.5) is 0 Å². The molecule has 2 fully saturated rings. The second-order valence-corrected chi connectivity index (χ2v) is 3.74. The number of carbonyl (C=O) groups excluding carboxylic acids is 1. The predicted octanol–water partition coefficient (Wildman–Crippen LogP) is 1.48. The molecule has 2 atom stereocenters. The van der Waals surface area contributed by atoms with Crippen LogP contribution in [0.1, 0.15) is 13.8 Å². The van der Waals surface area contributed by atoms with Gasteiger partial charge in [-0.15, -0.1) is 0 Å². The molecule has 58 valence electrons. The van der Waals surface area contributed by atoms with E-state index in [-0.39, 0.29) is 23.2 Å². The van der Waals surface area contributed by atoms with Gasteiger partial charge in [-0.2, -0.15) is 0 Å². The largest absolute Gasteiger partial charge is 0.422 e. The Bertz CT molecular complexity index is 282. The molecule has 2 nitrogen and oxygen atoms in total. The van der Waals surface area contributed by atoms with Crippen LogP contribution in [0.25, 0.3) is 0 Å². The Morgan fingerprint density at radius 1 is 1.55 bits per heavy atom.